The third-order valence-corrected chi connectivity index (χ3v) is 3.30. The van der Waals surface area contributed by atoms with Gasteiger partial charge in [0.05, 0.1) is 0 Å². The van der Waals surface area contributed by atoms with Crippen molar-refractivity contribution in [2.45, 2.75) is 25.8 Å². The Hall–Kier alpha value is -0.910. The van der Waals surface area contributed by atoms with Gasteiger partial charge in [0.1, 0.15) is 6.04 Å². The molecule has 0 aromatic rings. The van der Waals surface area contributed by atoms with E-state index in [0.717, 1.165) is 0 Å². The molecule has 0 heterocycles. The molecular weight excluding hydrogens is 225 g/mol. The molecule has 4 N–H and O–H groups in total. The standard InChI is InChI=1S/C7H14NO6P/c1-2-15(13,14)8-5(7(11)12)3-4-6(9)10/h5H,2-4H2,1H3,(H,9,10)(H,11,12)(H2,8,13,14)/t5-/m0/s1. The van der Waals surface area contributed by atoms with Crippen LogP contribution in [0.4, 0.5) is 0 Å². The van der Waals surface area contributed by atoms with E-state index in [1.807, 2.05) is 5.09 Å². The molecule has 15 heavy (non-hydrogen) atoms. The lowest BCUT2D eigenvalue weighted by Gasteiger charge is -2.17. The summed E-state index contributed by atoms with van der Waals surface area (Å²) in [5.41, 5.74) is 0. The average molecular weight is 239 g/mol. The van der Waals surface area contributed by atoms with E-state index in [1.54, 1.807) is 0 Å². The van der Waals surface area contributed by atoms with Gasteiger partial charge in [-0.1, -0.05) is 6.92 Å². The SMILES string of the molecule is CCP(=O)(O)N[C@@H](CCC(=O)O)C(=O)O. The van der Waals surface area contributed by atoms with Crippen molar-refractivity contribution in [3.63, 3.8) is 0 Å². The highest BCUT2D eigenvalue weighted by Gasteiger charge is 2.26. The van der Waals surface area contributed by atoms with Crippen LogP contribution < -0.4 is 5.09 Å². The summed E-state index contributed by atoms with van der Waals surface area (Å²) in [6, 6.07) is -1.31. The van der Waals surface area contributed by atoms with Gasteiger partial charge in [-0.25, -0.2) is 5.09 Å². The van der Waals surface area contributed by atoms with Crippen LogP contribution in [0.1, 0.15) is 19.8 Å². The van der Waals surface area contributed by atoms with Crippen LogP contribution in [0.2, 0.25) is 0 Å². The van der Waals surface area contributed by atoms with Crippen LogP contribution in [0.5, 0.6) is 0 Å². The quantitative estimate of drug-likeness (QED) is 0.464. The molecule has 0 amide bonds. The van der Waals surface area contributed by atoms with E-state index in [-0.39, 0.29) is 19.0 Å². The first-order valence-corrected chi connectivity index (χ1v) is 6.17. The van der Waals surface area contributed by atoms with Crippen molar-refractivity contribution in [3.05, 3.63) is 0 Å². The largest absolute Gasteiger partial charge is 0.481 e. The molecule has 0 saturated heterocycles. The summed E-state index contributed by atoms with van der Waals surface area (Å²) in [5.74, 6) is -2.48. The summed E-state index contributed by atoms with van der Waals surface area (Å²) >= 11 is 0. The van der Waals surface area contributed by atoms with E-state index in [0.29, 0.717) is 0 Å². The molecule has 0 spiro atoms. The van der Waals surface area contributed by atoms with Gasteiger partial charge in [-0.05, 0) is 6.42 Å². The number of carbonyl (C=O) groups is 2. The molecule has 88 valence electrons. The minimum atomic E-state index is -3.67. The lowest BCUT2D eigenvalue weighted by Crippen LogP contribution is -2.35. The normalized spacial score (nSPS) is 16.7. The van der Waals surface area contributed by atoms with Crippen molar-refractivity contribution in [3.8, 4) is 0 Å². The molecule has 0 rings (SSSR count). The van der Waals surface area contributed by atoms with Crippen LogP contribution in [0.25, 0.3) is 0 Å². The molecule has 0 saturated carbocycles. The first-order chi connectivity index (χ1) is 6.78. The maximum Gasteiger partial charge on any atom is 0.321 e. The van der Waals surface area contributed by atoms with Crippen LogP contribution in [0, 0.1) is 0 Å². The second kappa shape index (κ2) is 5.85. The Labute approximate surface area is 86.6 Å². The fraction of sp³-hybridized carbons (Fsp3) is 0.714. The number of hydrogen-bond donors (Lipinski definition) is 4. The molecule has 0 aromatic carbocycles. The second-order valence-electron chi connectivity index (χ2n) is 2.97. The number of carboxylic acid groups (broad SMARTS) is 2. The summed E-state index contributed by atoms with van der Waals surface area (Å²) in [6.45, 7) is 1.43. The number of aliphatic carboxylic acids is 2. The maximum atomic E-state index is 11.2. The van der Waals surface area contributed by atoms with Gasteiger partial charge in [0.25, 0.3) is 7.52 Å². The van der Waals surface area contributed by atoms with Gasteiger partial charge < -0.3 is 15.1 Å². The first kappa shape index (κ1) is 14.1. The zero-order valence-corrected chi connectivity index (χ0v) is 9.11. The van der Waals surface area contributed by atoms with Gasteiger partial charge in [0.15, 0.2) is 0 Å². The van der Waals surface area contributed by atoms with Crippen LogP contribution in [-0.4, -0.2) is 39.2 Å². The zero-order valence-electron chi connectivity index (χ0n) is 8.21. The van der Waals surface area contributed by atoms with E-state index >= 15 is 0 Å². The summed E-state index contributed by atoms with van der Waals surface area (Å²) in [4.78, 5) is 30.0. The summed E-state index contributed by atoms with van der Waals surface area (Å²) < 4.78 is 11.2. The average Bonchev–Trinajstić information content (AvgIpc) is 2.11. The topological polar surface area (TPSA) is 124 Å². The van der Waals surface area contributed by atoms with Crippen molar-refractivity contribution >= 4 is 19.5 Å². The molecular formula is C7H14NO6P. The molecule has 0 fully saturated rings. The van der Waals surface area contributed by atoms with Crippen molar-refractivity contribution in [1.29, 1.82) is 0 Å². The molecule has 1 unspecified atom stereocenters. The Bertz CT molecular complexity index is 291. The summed E-state index contributed by atoms with van der Waals surface area (Å²) in [5, 5.41) is 19.1. The van der Waals surface area contributed by atoms with E-state index in [4.69, 9.17) is 15.1 Å². The van der Waals surface area contributed by atoms with E-state index in [2.05, 4.69) is 0 Å². The first-order valence-electron chi connectivity index (χ1n) is 4.32. The van der Waals surface area contributed by atoms with Gasteiger partial charge in [-0.2, -0.15) is 0 Å². The van der Waals surface area contributed by atoms with E-state index in [1.165, 1.54) is 6.92 Å². The smallest absolute Gasteiger partial charge is 0.321 e. The van der Waals surface area contributed by atoms with Crippen LogP contribution in [-0.2, 0) is 14.2 Å². The molecule has 8 heteroatoms. The van der Waals surface area contributed by atoms with Crippen LogP contribution in [0.3, 0.4) is 0 Å². The lowest BCUT2D eigenvalue weighted by atomic mass is 10.2. The Morgan fingerprint density at radius 3 is 2.27 bits per heavy atom. The Morgan fingerprint density at radius 1 is 1.40 bits per heavy atom. The van der Waals surface area contributed by atoms with Crippen molar-refractivity contribution in [2.24, 2.45) is 0 Å². The predicted octanol–water partition coefficient (Wildman–Crippen LogP) is 0.0993. The Kier molecular flexibility index (Phi) is 5.49. The third kappa shape index (κ3) is 6.22. The number of carboxylic acids is 2. The highest BCUT2D eigenvalue weighted by Crippen LogP contribution is 2.35. The van der Waals surface area contributed by atoms with E-state index in [9.17, 15) is 14.2 Å². The Balaban J connectivity index is 4.35. The molecule has 0 aliphatic carbocycles. The van der Waals surface area contributed by atoms with Gasteiger partial charge in [-0.3, -0.25) is 14.2 Å². The molecule has 7 nitrogen and oxygen atoms in total. The maximum absolute atomic E-state index is 11.2. The van der Waals surface area contributed by atoms with Crippen LogP contribution >= 0.6 is 7.52 Å². The molecule has 0 bridgehead atoms. The summed E-state index contributed by atoms with van der Waals surface area (Å²) in [6.07, 6.45) is -0.702. The highest BCUT2D eigenvalue weighted by atomic mass is 31.2. The fourth-order valence-electron chi connectivity index (χ4n) is 0.846. The molecule has 0 radical (unpaired) electrons. The van der Waals surface area contributed by atoms with Gasteiger partial charge in [0, 0.05) is 12.6 Å². The van der Waals surface area contributed by atoms with Gasteiger partial charge in [-0.15, -0.1) is 0 Å². The monoisotopic (exact) mass is 239 g/mol. The number of nitrogens with one attached hydrogen (secondary N) is 1. The van der Waals surface area contributed by atoms with Gasteiger partial charge >= 0.3 is 11.9 Å². The fourth-order valence-corrected chi connectivity index (χ4v) is 1.75. The number of rotatable bonds is 7. The van der Waals surface area contributed by atoms with Crippen molar-refractivity contribution in [2.75, 3.05) is 6.16 Å². The van der Waals surface area contributed by atoms with E-state index < -0.39 is 25.5 Å². The third-order valence-electron chi connectivity index (χ3n) is 1.73. The highest BCUT2D eigenvalue weighted by molar-refractivity contribution is 7.55. The van der Waals surface area contributed by atoms with Crippen LogP contribution in [0.15, 0.2) is 0 Å². The predicted molar refractivity (Wildman–Crippen MR) is 51.8 cm³/mol. The minimum absolute atomic E-state index is 0.107. The van der Waals surface area contributed by atoms with Gasteiger partial charge in [0.2, 0.25) is 0 Å². The Morgan fingerprint density at radius 2 is 1.93 bits per heavy atom. The second-order valence-corrected chi connectivity index (χ2v) is 5.26. The lowest BCUT2D eigenvalue weighted by molar-refractivity contribution is -0.140. The van der Waals surface area contributed by atoms with Crippen molar-refractivity contribution in [1.82, 2.24) is 5.09 Å². The summed E-state index contributed by atoms with van der Waals surface area (Å²) in [7, 11) is -3.67. The molecule has 2 atom stereocenters. The zero-order chi connectivity index (χ0) is 12.1. The molecule has 0 aliphatic heterocycles. The number of hydrogen-bond acceptors (Lipinski definition) is 3. The molecule has 0 aliphatic rings. The molecule has 0 aromatic heterocycles. The van der Waals surface area contributed by atoms with Crippen molar-refractivity contribution < 1.29 is 29.3 Å². The minimum Gasteiger partial charge on any atom is -0.481 e.